The fourth-order valence-electron chi connectivity index (χ4n) is 15.7. The van der Waals surface area contributed by atoms with Crippen molar-refractivity contribution >= 4 is 0 Å². The molecule has 4 aliphatic carbocycles. The van der Waals surface area contributed by atoms with Gasteiger partial charge < -0.3 is 120 Å². The molecule has 4 saturated heterocycles. The normalized spacial score (nSPS) is 51.4. The van der Waals surface area contributed by atoms with Crippen LogP contribution in [0.1, 0.15) is 107 Å². The Morgan fingerprint density at radius 3 is 1.53 bits per heavy atom. The highest BCUT2D eigenvalue weighted by molar-refractivity contribution is 5.32. The maximum Gasteiger partial charge on any atom is 0.187 e. The Bertz CT molecular complexity index is 2020. The van der Waals surface area contributed by atoms with Gasteiger partial charge in [-0.1, -0.05) is 53.2 Å². The zero-order valence-electron chi connectivity index (χ0n) is 46.1. The van der Waals surface area contributed by atoms with Crippen molar-refractivity contribution in [3.8, 4) is 0 Å². The summed E-state index contributed by atoms with van der Waals surface area (Å²) in [6, 6.07) is 0. The number of fused-ring (bicyclic) bond motifs is 5. The minimum atomic E-state index is -1.96. The summed E-state index contributed by atoms with van der Waals surface area (Å²) in [4.78, 5) is 0. The van der Waals surface area contributed by atoms with Crippen molar-refractivity contribution in [3.05, 3.63) is 11.6 Å². The third kappa shape index (κ3) is 10.8. The Hall–Kier alpha value is -1.22. The van der Waals surface area contributed by atoms with E-state index < -0.39 is 184 Å². The lowest BCUT2D eigenvalue weighted by molar-refractivity contribution is -0.393. The fraction of sp³-hybridized carbons (Fsp3) is 0.963. The second-order valence-electron chi connectivity index (χ2n) is 25.8. The molecule has 0 bridgehead atoms. The van der Waals surface area contributed by atoms with Gasteiger partial charge in [0, 0.05) is 10.8 Å². The van der Waals surface area contributed by atoms with Crippen molar-refractivity contribution in [1.29, 1.82) is 0 Å². The van der Waals surface area contributed by atoms with Gasteiger partial charge >= 0.3 is 0 Å². The molecule has 3 saturated carbocycles. The number of aliphatic hydroxyl groups is 16. The first-order chi connectivity index (χ1) is 36.5. The van der Waals surface area contributed by atoms with E-state index in [0.717, 1.165) is 18.4 Å². The maximum atomic E-state index is 12.7. The van der Waals surface area contributed by atoms with Crippen LogP contribution in [-0.4, -0.2) is 255 Å². The summed E-state index contributed by atoms with van der Waals surface area (Å²) in [7, 11) is 0. The van der Waals surface area contributed by atoms with Gasteiger partial charge in [0.05, 0.1) is 50.3 Å². The average Bonchev–Trinajstić information content (AvgIpc) is 3.12. The molecule has 8 aliphatic rings. The van der Waals surface area contributed by atoms with E-state index in [4.69, 9.17) is 37.9 Å². The van der Waals surface area contributed by atoms with Crippen LogP contribution in [0, 0.1) is 45.3 Å². The SMILES string of the molecule is C[C@H](CC[C@@H](O[C@@H]1O[C@H](CO)[C@@H](O[C@@H]2O[C@H](CO)[C@@H](O)[C@H](O)[C@H]2O)[C@H](O)[C@H]1O[C@@H]1O[C@H](CO)[C@@H](O)[C@H](O)[C@H]1O)C(C)(C)O)C1CC[C@@]2(C)C3CC=C4C(CC[C@H](O[C@@H]5O[C@H](CO)[C@@H](O)[C@H](O)[C@H]5O)C4(C)C)[C@]3(C)[C@H](O)C[C@]12C. The van der Waals surface area contributed by atoms with E-state index in [-0.39, 0.29) is 40.9 Å². The molecule has 30 atom stereocenters. The molecule has 0 radical (unpaired) electrons. The number of ether oxygens (including phenoxy) is 8. The zero-order valence-corrected chi connectivity index (χ0v) is 46.1. The monoisotopic (exact) mass is 1120 g/mol. The van der Waals surface area contributed by atoms with Gasteiger partial charge in [0.25, 0.3) is 0 Å². The smallest absolute Gasteiger partial charge is 0.187 e. The molecule has 0 aromatic rings. The molecule has 0 amide bonds. The van der Waals surface area contributed by atoms with Crippen molar-refractivity contribution in [2.24, 2.45) is 45.3 Å². The van der Waals surface area contributed by atoms with Gasteiger partial charge in [0.2, 0.25) is 0 Å². The fourth-order valence-corrected chi connectivity index (χ4v) is 15.7. The minimum Gasteiger partial charge on any atom is -0.394 e. The maximum absolute atomic E-state index is 12.7. The van der Waals surface area contributed by atoms with E-state index in [1.165, 1.54) is 13.8 Å². The van der Waals surface area contributed by atoms with Crippen molar-refractivity contribution < 1.29 is 120 Å². The predicted octanol–water partition coefficient (Wildman–Crippen LogP) is -3.23. The molecule has 3 unspecified atom stereocenters. The molecule has 24 nitrogen and oxygen atoms in total. The molecule has 4 aliphatic heterocycles. The van der Waals surface area contributed by atoms with Gasteiger partial charge in [-0.05, 0) is 99.7 Å². The zero-order chi connectivity index (χ0) is 57.5. The third-order valence-corrected chi connectivity index (χ3v) is 20.8. The first-order valence-corrected chi connectivity index (χ1v) is 28.0. The van der Waals surface area contributed by atoms with Crippen molar-refractivity contribution in [2.75, 3.05) is 26.4 Å². The lowest BCUT2D eigenvalue weighted by Crippen LogP contribution is -2.67. The number of rotatable bonds is 17. The van der Waals surface area contributed by atoms with Crippen LogP contribution < -0.4 is 0 Å². The van der Waals surface area contributed by atoms with Crippen LogP contribution in [0.2, 0.25) is 0 Å². The van der Waals surface area contributed by atoms with Gasteiger partial charge in [-0.2, -0.15) is 0 Å². The van der Waals surface area contributed by atoms with Crippen LogP contribution in [0.5, 0.6) is 0 Å². The highest BCUT2D eigenvalue weighted by Crippen LogP contribution is 2.75. The van der Waals surface area contributed by atoms with Gasteiger partial charge in [0.1, 0.15) is 97.7 Å². The molecular formula is C54H92O24. The average molecular weight is 1130 g/mol. The molecule has 7 fully saturated rings. The molecule has 24 heteroatoms. The van der Waals surface area contributed by atoms with E-state index in [1.807, 2.05) is 0 Å². The standard InChI is InChI=1S/C54H92O24/c1-22(23-15-16-52(6)30-12-10-24-25(54(30,8)31(59)17-53(23,52)7)11-14-32(50(24,2)3)75-46-40(66)37(63)34(60)26(18-55)71-46)9-13-33(51(4,5)70)76-49-45(78-48-42(68)39(65)36(62)28(20-57)73-48)43(69)44(29(21-58)74-49)77-47-41(67)38(64)35(61)27(19-56)72-47/h10,22-23,25-49,55-70H,9,11-21H2,1-8H3/t22-,23?,25?,26-,27-,28-,29-,30?,31-,32+,33-,34-,35-,36-,37+,38+,39+,40-,41-,42-,43+,44-,45-,46+,47+,48+,49+,52+,53-,54+/m1/s1. The quantitative estimate of drug-likeness (QED) is 0.0637. The van der Waals surface area contributed by atoms with Crippen LogP contribution in [0.4, 0.5) is 0 Å². The van der Waals surface area contributed by atoms with E-state index >= 15 is 0 Å². The van der Waals surface area contributed by atoms with Crippen LogP contribution in [0.3, 0.4) is 0 Å². The molecule has 8 rings (SSSR count). The Morgan fingerprint density at radius 1 is 0.564 bits per heavy atom. The summed E-state index contributed by atoms with van der Waals surface area (Å²) < 4.78 is 48.2. The molecule has 0 spiro atoms. The molecule has 0 aromatic heterocycles. The van der Waals surface area contributed by atoms with E-state index in [1.54, 1.807) is 0 Å². The summed E-state index contributed by atoms with van der Waals surface area (Å²) in [6.45, 7) is 13.2. The van der Waals surface area contributed by atoms with E-state index in [9.17, 15) is 81.7 Å². The van der Waals surface area contributed by atoms with Gasteiger partial charge in [-0.3, -0.25) is 0 Å². The third-order valence-electron chi connectivity index (χ3n) is 20.8. The second kappa shape index (κ2) is 23.7. The Balaban J connectivity index is 0.995. The highest BCUT2D eigenvalue weighted by Gasteiger charge is 2.70. The molecule has 16 N–H and O–H groups in total. The summed E-state index contributed by atoms with van der Waals surface area (Å²) in [6.07, 6.45) is -28.2. The van der Waals surface area contributed by atoms with E-state index in [0.29, 0.717) is 32.1 Å². The van der Waals surface area contributed by atoms with Crippen LogP contribution in [0.15, 0.2) is 11.6 Å². The lowest BCUT2D eigenvalue weighted by atomic mass is 9.38. The number of hydrogen-bond acceptors (Lipinski definition) is 24. The Morgan fingerprint density at radius 2 is 1.04 bits per heavy atom. The van der Waals surface area contributed by atoms with Crippen LogP contribution >= 0.6 is 0 Å². The second-order valence-corrected chi connectivity index (χ2v) is 25.8. The number of hydrogen-bond donors (Lipinski definition) is 16. The van der Waals surface area contributed by atoms with Crippen LogP contribution in [-0.2, 0) is 37.9 Å². The van der Waals surface area contributed by atoms with Crippen LogP contribution in [0.25, 0.3) is 0 Å². The molecule has 0 aromatic carbocycles. The predicted molar refractivity (Wildman–Crippen MR) is 268 cm³/mol. The van der Waals surface area contributed by atoms with Gasteiger partial charge in [-0.15, -0.1) is 0 Å². The summed E-state index contributed by atoms with van der Waals surface area (Å²) in [5, 5.41) is 173. The summed E-state index contributed by atoms with van der Waals surface area (Å²) >= 11 is 0. The topological polar surface area (TPSA) is 398 Å². The largest absolute Gasteiger partial charge is 0.394 e. The van der Waals surface area contributed by atoms with Crippen molar-refractivity contribution in [1.82, 2.24) is 0 Å². The first kappa shape index (κ1) is 62.8. The Labute approximate surface area is 455 Å². The van der Waals surface area contributed by atoms with Crippen molar-refractivity contribution in [3.63, 3.8) is 0 Å². The highest BCUT2D eigenvalue weighted by atomic mass is 16.8. The lowest BCUT2D eigenvalue weighted by Gasteiger charge is -2.67. The molecular weight excluding hydrogens is 1030 g/mol. The minimum absolute atomic E-state index is 0.00555. The Kier molecular flexibility index (Phi) is 19.1. The molecule has 4 heterocycles. The number of aliphatic hydroxyl groups excluding tert-OH is 15. The van der Waals surface area contributed by atoms with Gasteiger partial charge in [-0.25, -0.2) is 0 Å². The van der Waals surface area contributed by atoms with Gasteiger partial charge in [0.15, 0.2) is 25.2 Å². The first-order valence-electron chi connectivity index (χ1n) is 28.0. The number of allylic oxidation sites excluding steroid dienone is 1. The van der Waals surface area contributed by atoms with Crippen molar-refractivity contribution in [2.45, 2.75) is 253 Å². The molecule has 452 valence electrons. The summed E-state index contributed by atoms with van der Waals surface area (Å²) in [5.41, 5.74) is -2.07. The van der Waals surface area contributed by atoms with E-state index in [2.05, 4.69) is 47.6 Å². The molecule has 78 heavy (non-hydrogen) atoms. The summed E-state index contributed by atoms with van der Waals surface area (Å²) in [5.74, 6) is 0.223.